The zero-order valence-corrected chi connectivity index (χ0v) is 19.1. The van der Waals surface area contributed by atoms with Gasteiger partial charge in [0, 0.05) is 19.0 Å². The van der Waals surface area contributed by atoms with Gasteiger partial charge in [-0.3, -0.25) is 4.79 Å². The largest absolute Gasteiger partial charge is 0.354 e. The van der Waals surface area contributed by atoms with E-state index in [1.165, 1.54) is 5.56 Å². The van der Waals surface area contributed by atoms with Gasteiger partial charge in [-0.25, -0.2) is 13.1 Å². The Morgan fingerprint density at radius 2 is 1.34 bits per heavy atom. The highest BCUT2D eigenvalue weighted by Gasteiger charge is 2.14. The Balaban J connectivity index is 1.43. The van der Waals surface area contributed by atoms with Crippen molar-refractivity contribution in [2.75, 3.05) is 0 Å². The minimum absolute atomic E-state index is 0.00628. The van der Waals surface area contributed by atoms with Crippen molar-refractivity contribution in [1.82, 2.24) is 10.0 Å². The zero-order valence-electron chi connectivity index (χ0n) is 18.3. The summed E-state index contributed by atoms with van der Waals surface area (Å²) in [6.45, 7) is 2.26. The van der Waals surface area contributed by atoms with Gasteiger partial charge in [0.1, 0.15) is 0 Å². The Bertz CT molecular complexity index is 1080. The molecule has 168 valence electrons. The van der Waals surface area contributed by atoms with Gasteiger partial charge in [0.05, 0.1) is 4.90 Å². The van der Waals surface area contributed by atoms with Crippen molar-refractivity contribution in [1.29, 1.82) is 0 Å². The van der Waals surface area contributed by atoms with Crippen molar-refractivity contribution in [2.24, 2.45) is 0 Å². The summed E-state index contributed by atoms with van der Waals surface area (Å²) in [5.74, 6) is 0.00628. The molecule has 5 nitrogen and oxygen atoms in total. The molecule has 3 rings (SSSR count). The smallest absolute Gasteiger partial charge is 0.240 e. The van der Waals surface area contributed by atoms with Crippen LogP contribution in [0.4, 0.5) is 0 Å². The summed E-state index contributed by atoms with van der Waals surface area (Å²) in [6, 6.07) is 26.4. The molecule has 2 N–H and O–H groups in total. The van der Waals surface area contributed by atoms with Crippen molar-refractivity contribution in [3.8, 4) is 0 Å². The molecule has 3 aromatic rings. The van der Waals surface area contributed by atoms with E-state index in [9.17, 15) is 13.2 Å². The Kier molecular flexibility index (Phi) is 8.59. The maximum atomic E-state index is 12.5. The molecule has 0 spiro atoms. The minimum atomic E-state index is -3.58. The predicted molar refractivity (Wildman–Crippen MR) is 128 cm³/mol. The summed E-state index contributed by atoms with van der Waals surface area (Å²) >= 11 is 0. The molecule has 0 aliphatic rings. The summed E-state index contributed by atoms with van der Waals surface area (Å²) in [6.07, 6.45) is 2.75. The first-order valence-corrected chi connectivity index (χ1v) is 12.4. The first-order valence-electron chi connectivity index (χ1n) is 10.9. The van der Waals surface area contributed by atoms with Gasteiger partial charge in [-0.2, -0.15) is 0 Å². The van der Waals surface area contributed by atoms with E-state index < -0.39 is 10.0 Å². The first kappa shape index (κ1) is 23.7. The molecule has 0 unspecified atom stereocenters. The lowest BCUT2D eigenvalue weighted by atomic mass is 10.1. The molecule has 0 aliphatic carbocycles. The van der Waals surface area contributed by atoms with E-state index in [1.54, 1.807) is 24.3 Å². The molecule has 3 aromatic carbocycles. The van der Waals surface area contributed by atoms with Gasteiger partial charge in [-0.05, 0) is 55.0 Å². The maximum absolute atomic E-state index is 12.5. The molecule has 1 atom stereocenters. The first-order chi connectivity index (χ1) is 15.4. The van der Waals surface area contributed by atoms with Gasteiger partial charge < -0.3 is 5.32 Å². The van der Waals surface area contributed by atoms with E-state index in [1.807, 2.05) is 55.5 Å². The fourth-order valence-electron chi connectivity index (χ4n) is 3.40. The quantitative estimate of drug-likeness (QED) is 0.459. The summed E-state index contributed by atoms with van der Waals surface area (Å²) in [5, 5.41) is 3.04. The lowest BCUT2D eigenvalue weighted by Crippen LogP contribution is -2.33. The third-order valence-corrected chi connectivity index (χ3v) is 6.72. The Morgan fingerprint density at radius 1 is 0.781 bits per heavy atom. The second kappa shape index (κ2) is 11.6. The van der Waals surface area contributed by atoms with E-state index in [0.717, 1.165) is 24.0 Å². The number of hydrogen-bond donors (Lipinski definition) is 2. The SMILES string of the molecule is C[C@H](CCc1ccccc1)NC(=O)CCc1ccc(S(=O)(=O)NCc2ccccc2)cc1. The van der Waals surface area contributed by atoms with Crippen LogP contribution in [0, 0.1) is 0 Å². The molecule has 0 saturated heterocycles. The molecule has 6 heteroatoms. The van der Waals surface area contributed by atoms with Gasteiger partial charge in [-0.1, -0.05) is 72.8 Å². The van der Waals surface area contributed by atoms with Crippen molar-refractivity contribution in [3.63, 3.8) is 0 Å². The Labute approximate surface area is 190 Å². The standard InChI is InChI=1S/C26H30N2O3S/c1-21(12-13-22-8-4-2-5-9-22)28-26(29)19-16-23-14-17-25(18-15-23)32(30,31)27-20-24-10-6-3-7-11-24/h2-11,14-15,17-18,21,27H,12-13,16,19-20H2,1H3,(H,28,29)/t21-/m1/s1. The van der Waals surface area contributed by atoms with Crippen molar-refractivity contribution >= 4 is 15.9 Å². The Hall–Kier alpha value is -2.96. The lowest BCUT2D eigenvalue weighted by Gasteiger charge is -2.14. The lowest BCUT2D eigenvalue weighted by molar-refractivity contribution is -0.121. The van der Waals surface area contributed by atoms with Crippen LogP contribution in [0.2, 0.25) is 0 Å². The molecule has 0 aromatic heterocycles. The van der Waals surface area contributed by atoms with Gasteiger partial charge in [0.15, 0.2) is 0 Å². The fourth-order valence-corrected chi connectivity index (χ4v) is 4.42. The van der Waals surface area contributed by atoms with Crippen LogP contribution in [0.5, 0.6) is 0 Å². The van der Waals surface area contributed by atoms with Crippen molar-refractivity contribution < 1.29 is 13.2 Å². The van der Waals surface area contributed by atoms with Gasteiger partial charge in [-0.15, -0.1) is 0 Å². The molecule has 0 aliphatic heterocycles. The van der Waals surface area contributed by atoms with Crippen LogP contribution in [0.15, 0.2) is 89.8 Å². The number of carbonyl (C=O) groups is 1. The van der Waals surface area contributed by atoms with Crippen LogP contribution < -0.4 is 10.0 Å². The van der Waals surface area contributed by atoms with Crippen molar-refractivity contribution in [2.45, 2.75) is 50.1 Å². The van der Waals surface area contributed by atoms with Gasteiger partial charge in [0.2, 0.25) is 15.9 Å². The summed E-state index contributed by atoms with van der Waals surface area (Å²) in [7, 11) is -3.58. The summed E-state index contributed by atoms with van der Waals surface area (Å²) in [4.78, 5) is 12.5. The number of hydrogen-bond acceptors (Lipinski definition) is 3. The van der Waals surface area contributed by atoms with Crippen LogP contribution in [0.1, 0.15) is 36.5 Å². The normalized spacial score (nSPS) is 12.3. The molecule has 0 heterocycles. The monoisotopic (exact) mass is 450 g/mol. The van der Waals surface area contributed by atoms with Crippen molar-refractivity contribution in [3.05, 3.63) is 102 Å². The molecule has 0 fully saturated rings. The topological polar surface area (TPSA) is 75.3 Å². The molecule has 0 saturated carbocycles. The van der Waals surface area contributed by atoms with Crippen LogP contribution >= 0.6 is 0 Å². The van der Waals surface area contributed by atoms with Crippen LogP contribution in [0.3, 0.4) is 0 Å². The Morgan fingerprint density at radius 3 is 1.97 bits per heavy atom. The van der Waals surface area contributed by atoms with E-state index in [-0.39, 0.29) is 23.4 Å². The molecular formula is C26H30N2O3S. The highest BCUT2D eigenvalue weighted by atomic mass is 32.2. The number of benzene rings is 3. The van der Waals surface area contributed by atoms with Crippen LogP contribution in [-0.4, -0.2) is 20.4 Å². The average Bonchev–Trinajstić information content (AvgIpc) is 2.82. The third kappa shape index (κ3) is 7.62. The van der Waals surface area contributed by atoms with Crippen LogP contribution in [-0.2, 0) is 34.2 Å². The van der Waals surface area contributed by atoms with Gasteiger partial charge in [0.25, 0.3) is 0 Å². The molecule has 32 heavy (non-hydrogen) atoms. The number of carbonyl (C=O) groups excluding carboxylic acids is 1. The second-order valence-corrected chi connectivity index (χ2v) is 9.71. The summed E-state index contributed by atoms with van der Waals surface area (Å²) < 4.78 is 27.6. The predicted octanol–water partition coefficient (Wildman–Crippen LogP) is 4.24. The van der Waals surface area contributed by atoms with E-state index in [0.29, 0.717) is 12.8 Å². The van der Waals surface area contributed by atoms with Crippen LogP contribution in [0.25, 0.3) is 0 Å². The molecule has 0 radical (unpaired) electrons. The highest BCUT2D eigenvalue weighted by molar-refractivity contribution is 7.89. The molecule has 0 bridgehead atoms. The number of amides is 1. The minimum Gasteiger partial charge on any atom is -0.354 e. The number of rotatable bonds is 11. The van der Waals surface area contributed by atoms with Gasteiger partial charge >= 0.3 is 0 Å². The molecular weight excluding hydrogens is 420 g/mol. The second-order valence-electron chi connectivity index (χ2n) is 7.95. The third-order valence-electron chi connectivity index (χ3n) is 5.30. The van der Waals surface area contributed by atoms with E-state index in [2.05, 4.69) is 22.2 Å². The fraction of sp³-hybridized carbons (Fsp3) is 0.269. The van der Waals surface area contributed by atoms with E-state index >= 15 is 0 Å². The summed E-state index contributed by atoms with van der Waals surface area (Å²) in [5.41, 5.74) is 3.10. The number of aryl methyl sites for hydroxylation is 2. The number of nitrogens with one attached hydrogen (secondary N) is 2. The average molecular weight is 451 g/mol. The highest BCUT2D eigenvalue weighted by Crippen LogP contribution is 2.13. The zero-order chi connectivity index (χ0) is 22.8. The number of sulfonamides is 1. The molecule has 1 amide bonds. The van der Waals surface area contributed by atoms with E-state index in [4.69, 9.17) is 0 Å². The maximum Gasteiger partial charge on any atom is 0.240 e.